The van der Waals surface area contributed by atoms with Gasteiger partial charge in [-0.25, -0.2) is 4.79 Å². The van der Waals surface area contributed by atoms with Crippen LogP contribution in [0.15, 0.2) is 71.6 Å². The maximum atomic E-state index is 13.8. The maximum absolute atomic E-state index is 13.8. The van der Waals surface area contributed by atoms with Crippen LogP contribution in [0.25, 0.3) is 11.0 Å². The normalized spacial score (nSPS) is 15.3. The summed E-state index contributed by atoms with van der Waals surface area (Å²) in [6.45, 7) is -0.492. The third-order valence-electron chi connectivity index (χ3n) is 6.65. The number of alkyl halides is 3. The van der Waals surface area contributed by atoms with Crippen molar-refractivity contribution in [2.45, 2.75) is 25.1 Å². The van der Waals surface area contributed by atoms with Gasteiger partial charge < -0.3 is 23.7 Å². The van der Waals surface area contributed by atoms with Crippen LogP contribution in [0, 0.1) is 0 Å². The average Bonchev–Trinajstić information content (AvgIpc) is 3.69. The SMILES string of the molecule is O=C(OCC(F)(F)F)c1coc2ccc(Oc3ccncc3C(=O)N3CCN(C4CC4)c4ccccc43)cc12. The van der Waals surface area contributed by atoms with E-state index in [2.05, 4.69) is 14.6 Å². The number of para-hydroxylation sites is 2. The molecule has 8 nitrogen and oxygen atoms in total. The molecule has 0 N–H and O–H groups in total. The number of carbonyl (C=O) groups excluding carboxylic acids is 2. The topological polar surface area (TPSA) is 85.1 Å². The second-order valence-electron chi connectivity index (χ2n) is 9.34. The molecule has 0 bridgehead atoms. The highest BCUT2D eigenvalue weighted by Crippen LogP contribution is 2.41. The van der Waals surface area contributed by atoms with E-state index in [0.717, 1.165) is 30.5 Å². The molecule has 1 aliphatic carbocycles. The van der Waals surface area contributed by atoms with Crippen LogP contribution in [0.3, 0.4) is 0 Å². The predicted molar refractivity (Wildman–Crippen MR) is 135 cm³/mol. The standard InChI is InChI=1S/C28H22F3N3O5/c29-28(30,31)16-38-27(36)21-15-37-24-8-7-18(13-19(21)24)39-25-9-10-32-14-20(25)26(35)34-12-11-33(17-5-6-17)22-3-1-2-4-23(22)34/h1-4,7-10,13-15,17H,5-6,11-12,16H2. The third-order valence-corrected chi connectivity index (χ3v) is 6.65. The molecule has 3 heterocycles. The fraction of sp³-hybridized carbons (Fsp3) is 0.250. The predicted octanol–water partition coefficient (Wildman–Crippen LogP) is 5.97. The number of fused-ring (bicyclic) bond motifs is 2. The number of esters is 1. The molecule has 6 rings (SSSR count). The van der Waals surface area contributed by atoms with Gasteiger partial charge >= 0.3 is 12.1 Å². The number of pyridine rings is 1. The van der Waals surface area contributed by atoms with E-state index >= 15 is 0 Å². The first-order chi connectivity index (χ1) is 18.8. The van der Waals surface area contributed by atoms with Crippen LogP contribution >= 0.6 is 0 Å². The van der Waals surface area contributed by atoms with E-state index < -0.39 is 18.8 Å². The largest absolute Gasteiger partial charge is 0.463 e. The van der Waals surface area contributed by atoms with Crippen molar-refractivity contribution in [3.63, 3.8) is 0 Å². The summed E-state index contributed by atoms with van der Waals surface area (Å²) >= 11 is 0. The quantitative estimate of drug-likeness (QED) is 0.280. The van der Waals surface area contributed by atoms with Crippen LogP contribution in [0.4, 0.5) is 24.5 Å². The van der Waals surface area contributed by atoms with E-state index in [1.165, 1.54) is 24.5 Å². The highest BCUT2D eigenvalue weighted by Gasteiger charge is 2.36. The minimum atomic E-state index is -4.65. The van der Waals surface area contributed by atoms with Crippen molar-refractivity contribution in [3.8, 4) is 11.5 Å². The summed E-state index contributed by atoms with van der Waals surface area (Å²) < 4.78 is 53.2. The minimum absolute atomic E-state index is 0.170. The summed E-state index contributed by atoms with van der Waals surface area (Å²) in [4.78, 5) is 34.2. The van der Waals surface area contributed by atoms with E-state index in [4.69, 9.17) is 9.15 Å². The summed E-state index contributed by atoms with van der Waals surface area (Å²) in [5, 5.41) is 0.215. The fourth-order valence-corrected chi connectivity index (χ4v) is 4.72. The number of anilines is 2. The number of hydrogen-bond donors (Lipinski definition) is 0. The number of hydrogen-bond acceptors (Lipinski definition) is 7. The molecule has 1 saturated carbocycles. The van der Waals surface area contributed by atoms with E-state index in [1.807, 2.05) is 24.3 Å². The number of nitrogens with zero attached hydrogens (tertiary/aromatic N) is 3. The lowest BCUT2D eigenvalue weighted by Gasteiger charge is -2.38. The van der Waals surface area contributed by atoms with Crippen molar-refractivity contribution >= 4 is 34.2 Å². The molecule has 39 heavy (non-hydrogen) atoms. The molecular formula is C28H22F3N3O5. The van der Waals surface area contributed by atoms with Crippen LogP contribution < -0.4 is 14.5 Å². The molecule has 2 aliphatic rings. The second kappa shape index (κ2) is 9.64. The van der Waals surface area contributed by atoms with E-state index in [9.17, 15) is 22.8 Å². The van der Waals surface area contributed by atoms with Gasteiger partial charge in [-0.05, 0) is 49.2 Å². The van der Waals surface area contributed by atoms with E-state index in [1.54, 1.807) is 17.0 Å². The van der Waals surface area contributed by atoms with Crippen LogP contribution in [0.2, 0.25) is 0 Å². The lowest BCUT2D eigenvalue weighted by molar-refractivity contribution is -0.161. The first-order valence-electron chi connectivity index (χ1n) is 12.3. The van der Waals surface area contributed by atoms with E-state index in [0.29, 0.717) is 19.1 Å². The van der Waals surface area contributed by atoms with Crippen molar-refractivity contribution < 1.29 is 36.7 Å². The lowest BCUT2D eigenvalue weighted by Crippen LogP contribution is -2.45. The number of benzene rings is 2. The zero-order chi connectivity index (χ0) is 27.1. The zero-order valence-corrected chi connectivity index (χ0v) is 20.5. The number of carbonyl (C=O) groups is 2. The van der Waals surface area contributed by atoms with Crippen molar-refractivity contribution in [3.05, 3.63) is 78.3 Å². The number of halogens is 3. The first-order valence-corrected chi connectivity index (χ1v) is 12.3. The smallest absolute Gasteiger partial charge is 0.422 e. The summed E-state index contributed by atoms with van der Waals surface area (Å²) in [7, 11) is 0. The Kier molecular flexibility index (Phi) is 6.13. The Morgan fingerprint density at radius 1 is 1.03 bits per heavy atom. The number of aromatic nitrogens is 1. The molecule has 0 radical (unpaired) electrons. The number of ether oxygens (including phenoxy) is 2. The van der Waals surface area contributed by atoms with Gasteiger partial charge in [-0.1, -0.05) is 12.1 Å². The third kappa shape index (κ3) is 4.99. The molecule has 1 aliphatic heterocycles. The molecule has 11 heteroatoms. The Bertz CT molecular complexity index is 1560. The lowest BCUT2D eigenvalue weighted by atomic mass is 10.1. The van der Waals surface area contributed by atoms with Crippen LogP contribution in [0.1, 0.15) is 33.6 Å². The summed E-state index contributed by atoms with van der Waals surface area (Å²) in [6.07, 6.45) is 1.59. The van der Waals surface area contributed by atoms with Crippen LogP contribution in [0.5, 0.6) is 11.5 Å². The highest BCUT2D eigenvalue weighted by molar-refractivity contribution is 6.10. The Morgan fingerprint density at radius 2 is 1.82 bits per heavy atom. The fourth-order valence-electron chi connectivity index (χ4n) is 4.72. The minimum Gasteiger partial charge on any atom is -0.463 e. The van der Waals surface area contributed by atoms with Crippen LogP contribution in [-0.2, 0) is 4.74 Å². The Hall–Kier alpha value is -4.54. The number of furan rings is 1. The summed E-state index contributed by atoms with van der Waals surface area (Å²) in [6, 6.07) is 14.4. The molecule has 0 spiro atoms. The number of rotatable bonds is 6. The van der Waals surface area contributed by atoms with E-state index in [-0.39, 0.29) is 39.5 Å². The zero-order valence-electron chi connectivity index (χ0n) is 20.5. The molecular weight excluding hydrogens is 515 g/mol. The molecule has 1 amide bonds. The van der Waals surface area contributed by atoms with Gasteiger partial charge in [-0.2, -0.15) is 13.2 Å². The summed E-state index contributed by atoms with van der Waals surface area (Å²) in [5.74, 6) is -0.970. The van der Waals surface area contributed by atoms with Crippen molar-refractivity contribution in [1.82, 2.24) is 4.98 Å². The number of amides is 1. The molecule has 200 valence electrons. The van der Waals surface area contributed by atoms with Crippen molar-refractivity contribution in [2.24, 2.45) is 0 Å². The van der Waals surface area contributed by atoms with Gasteiger partial charge in [-0.15, -0.1) is 0 Å². The Morgan fingerprint density at radius 3 is 2.59 bits per heavy atom. The van der Waals surface area contributed by atoms with Gasteiger partial charge in [-0.3, -0.25) is 9.78 Å². The molecule has 0 saturated heterocycles. The van der Waals surface area contributed by atoms with Gasteiger partial charge in [0.25, 0.3) is 5.91 Å². The monoisotopic (exact) mass is 537 g/mol. The molecule has 1 fully saturated rings. The molecule has 0 atom stereocenters. The average molecular weight is 537 g/mol. The Labute approximate surface area is 220 Å². The van der Waals surface area contributed by atoms with Crippen molar-refractivity contribution in [2.75, 3.05) is 29.5 Å². The van der Waals surface area contributed by atoms with Crippen molar-refractivity contribution in [1.29, 1.82) is 0 Å². The highest BCUT2D eigenvalue weighted by atomic mass is 19.4. The molecule has 0 unspecified atom stereocenters. The summed E-state index contributed by atoms with van der Waals surface area (Å²) in [5.41, 5.74) is 2.16. The second-order valence-corrected chi connectivity index (χ2v) is 9.34. The van der Waals surface area contributed by atoms with Gasteiger partial charge in [0.2, 0.25) is 0 Å². The molecule has 2 aromatic heterocycles. The van der Waals surface area contributed by atoms with Gasteiger partial charge in [0.1, 0.15) is 34.5 Å². The molecule has 2 aromatic carbocycles. The van der Waals surface area contributed by atoms with Gasteiger partial charge in [0.05, 0.1) is 11.4 Å². The van der Waals surface area contributed by atoms with Crippen LogP contribution in [-0.4, -0.2) is 48.8 Å². The maximum Gasteiger partial charge on any atom is 0.422 e. The Balaban J connectivity index is 1.27. The first kappa shape index (κ1) is 24.8. The van der Waals surface area contributed by atoms with Gasteiger partial charge in [0, 0.05) is 36.9 Å². The van der Waals surface area contributed by atoms with Gasteiger partial charge in [0.15, 0.2) is 6.61 Å². The molecule has 4 aromatic rings.